The second-order valence-corrected chi connectivity index (χ2v) is 4.85. The standard InChI is InChI=1S/C17H13FN2O2/c18-14-7-3-1-5-11(14)9-20-17(22)13-10-19-15-8-4-2-6-12(15)16(13)21/h1-8,10H,9H2,(H,19,21)(H,20,22). The Bertz CT molecular complexity index is 902. The minimum absolute atomic E-state index is 0.00930. The molecule has 0 radical (unpaired) electrons. The van der Waals surface area contributed by atoms with E-state index in [0.717, 1.165) is 0 Å². The van der Waals surface area contributed by atoms with Crippen LogP contribution in [0.15, 0.2) is 59.5 Å². The van der Waals surface area contributed by atoms with Crippen LogP contribution in [-0.2, 0) is 6.54 Å². The van der Waals surface area contributed by atoms with Crippen molar-refractivity contribution in [2.45, 2.75) is 6.54 Å². The molecule has 1 amide bonds. The molecule has 3 aromatic rings. The summed E-state index contributed by atoms with van der Waals surface area (Å²) in [6, 6.07) is 13.1. The summed E-state index contributed by atoms with van der Waals surface area (Å²) >= 11 is 0. The number of benzene rings is 2. The third-order valence-corrected chi connectivity index (χ3v) is 3.43. The number of fused-ring (bicyclic) bond motifs is 1. The van der Waals surface area contributed by atoms with Gasteiger partial charge in [-0.2, -0.15) is 0 Å². The largest absolute Gasteiger partial charge is 0.360 e. The average Bonchev–Trinajstić information content (AvgIpc) is 2.54. The van der Waals surface area contributed by atoms with Gasteiger partial charge in [-0.3, -0.25) is 9.59 Å². The van der Waals surface area contributed by atoms with Crippen molar-refractivity contribution >= 4 is 16.8 Å². The van der Waals surface area contributed by atoms with Gasteiger partial charge in [-0.25, -0.2) is 4.39 Å². The Morgan fingerprint density at radius 1 is 1.09 bits per heavy atom. The van der Waals surface area contributed by atoms with Gasteiger partial charge in [0, 0.05) is 29.2 Å². The number of pyridine rings is 1. The van der Waals surface area contributed by atoms with Gasteiger partial charge in [0.2, 0.25) is 5.43 Å². The minimum atomic E-state index is -0.532. The molecule has 0 atom stereocenters. The van der Waals surface area contributed by atoms with Gasteiger partial charge in [-0.15, -0.1) is 0 Å². The van der Waals surface area contributed by atoms with Crippen molar-refractivity contribution in [2.75, 3.05) is 0 Å². The maximum Gasteiger partial charge on any atom is 0.257 e. The highest BCUT2D eigenvalue weighted by Gasteiger charge is 2.13. The second-order valence-electron chi connectivity index (χ2n) is 4.85. The van der Waals surface area contributed by atoms with Crippen LogP contribution in [0.1, 0.15) is 15.9 Å². The highest BCUT2D eigenvalue weighted by atomic mass is 19.1. The van der Waals surface area contributed by atoms with Crippen molar-refractivity contribution in [2.24, 2.45) is 0 Å². The zero-order valence-electron chi connectivity index (χ0n) is 11.6. The summed E-state index contributed by atoms with van der Waals surface area (Å²) in [6.45, 7) is 0.0256. The number of H-pyrrole nitrogens is 1. The maximum absolute atomic E-state index is 13.5. The minimum Gasteiger partial charge on any atom is -0.360 e. The first kappa shape index (κ1) is 14.0. The van der Waals surface area contributed by atoms with Crippen molar-refractivity contribution in [1.29, 1.82) is 0 Å². The Balaban J connectivity index is 1.85. The van der Waals surface area contributed by atoms with Gasteiger partial charge < -0.3 is 10.3 Å². The molecule has 0 unspecified atom stereocenters. The van der Waals surface area contributed by atoms with E-state index in [0.29, 0.717) is 16.5 Å². The molecule has 0 bridgehead atoms. The van der Waals surface area contributed by atoms with Gasteiger partial charge >= 0.3 is 0 Å². The lowest BCUT2D eigenvalue weighted by molar-refractivity contribution is 0.0949. The smallest absolute Gasteiger partial charge is 0.257 e. The van der Waals surface area contributed by atoms with E-state index in [1.807, 2.05) is 0 Å². The maximum atomic E-state index is 13.5. The van der Waals surface area contributed by atoms with Crippen molar-refractivity contribution < 1.29 is 9.18 Å². The summed E-state index contributed by atoms with van der Waals surface area (Å²) in [5, 5.41) is 3.01. The van der Waals surface area contributed by atoms with Crippen molar-refractivity contribution in [3.8, 4) is 0 Å². The van der Waals surface area contributed by atoms with Crippen LogP contribution in [0.4, 0.5) is 4.39 Å². The molecule has 110 valence electrons. The molecule has 0 aliphatic heterocycles. The first-order valence-corrected chi connectivity index (χ1v) is 6.79. The number of para-hydroxylation sites is 1. The van der Waals surface area contributed by atoms with Gasteiger partial charge in [-0.05, 0) is 18.2 Å². The topological polar surface area (TPSA) is 62.0 Å². The van der Waals surface area contributed by atoms with E-state index in [4.69, 9.17) is 0 Å². The fourth-order valence-corrected chi connectivity index (χ4v) is 2.25. The molecule has 2 aromatic carbocycles. The van der Waals surface area contributed by atoms with Crippen LogP contribution in [0.3, 0.4) is 0 Å². The summed E-state index contributed by atoms with van der Waals surface area (Å²) in [5.41, 5.74) is 0.696. The summed E-state index contributed by atoms with van der Waals surface area (Å²) in [6.07, 6.45) is 1.38. The lowest BCUT2D eigenvalue weighted by Gasteiger charge is -2.06. The Hall–Kier alpha value is -2.95. The summed E-state index contributed by atoms with van der Waals surface area (Å²) in [4.78, 5) is 27.3. The molecule has 2 N–H and O–H groups in total. The van der Waals surface area contributed by atoms with Crippen LogP contribution in [0.25, 0.3) is 10.9 Å². The average molecular weight is 296 g/mol. The fourth-order valence-electron chi connectivity index (χ4n) is 2.25. The molecule has 0 saturated heterocycles. The Morgan fingerprint density at radius 3 is 2.64 bits per heavy atom. The van der Waals surface area contributed by atoms with E-state index in [9.17, 15) is 14.0 Å². The lowest BCUT2D eigenvalue weighted by atomic mass is 10.1. The number of amides is 1. The van der Waals surface area contributed by atoms with Crippen molar-refractivity contribution in [1.82, 2.24) is 10.3 Å². The molecule has 3 rings (SSSR count). The van der Waals surface area contributed by atoms with E-state index < -0.39 is 11.7 Å². The van der Waals surface area contributed by atoms with Crippen LogP contribution in [0, 0.1) is 5.82 Å². The van der Waals surface area contributed by atoms with E-state index >= 15 is 0 Å². The molecule has 0 spiro atoms. The van der Waals surface area contributed by atoms with E-state index in [1.165, 1.54) is 12.3 Å². The van der Waals surface area contributed by atoms with Gasteiger partial charge in [0.25, 0.3) is 5.91 Å². The van der Waals surface area contributed by atoms with E-state index in [2.05, 4.69) is 10.3 Å². The Morgan fingerprint density at radius 2 is 1.82 bits per heavy atom. The summed E-state index contributed by atoms with van der Waals surface area (Å²) < 4.78 is 13.5. The Kier molecular flexibility index (Phi) is 3.70. The number of nitrogens with one attached hydrogen (secondary N) is 2. The molecule has 1 heterocycles. The van der Waals surface area contributed by atoms with Gasteiger partial charge in [-0.1, -0.05) is 30.3 Å². The zero-order valence-corrected chi connectivity index (χ0v) is 11.6. The lowest BCUT2D eigenvalue weighted by Crippen LogP contribution is -2.28. The highest BCUT2D eigenvalue weighted by Crippen LogP contribution is 2.08. The number of carbonyl (C=O) groups excluding carboxylic acids is 1. The number of halogens is 1. The molecular formula is C17H13FN2O2. The molecular weight excluding hydrogens is 283 g/mol. The summed E-state index contributed by atoms with van der Waals surface area (Å²) in [7, 11) is 0. The van der Waals surface area contributed by atoms with E-state index in [-0.39, 0.29) is 17.5 Å². The predicted molar refractivity (Wildman–Crippen MR) is 82.1 cm³/mol. The van der Waals surface area contributed by atoms with E-state index in [1.54, 1.807) is 42.5 Å². The number of hydrogen-bond donors (Lipinski definition) is 2. The molecule has 0 saturated carbocycles. The zero-order chi connectivity index (χ0) is 15.5. The number of aromatic nitrogens is 1. The van der Waals surface area contributed by atoms with Gasteiger partial charge in [0.05, 0.1) is 0 Å². The third-order valence-electron chi connectivity index (χ3n) is 3.43. The third kappa shape index (κ3) is 2.61. The molecule has 0 fully saturated rings. The number of hydrogen-bond acceptors (Lipinski definition) is 2. The highest BCUT2D eigenvalue weighted by molar-refractivity contribution is 5.97. The Labute approximate surface area is 125 Å². The van der Waals surface area contributed by atoms with Crippen LogP contribution >= 0.6 is 0 Å². The van der Waals surface area contributed by atoms with Crippen LogP contribution in [0.5, 0.6) is 0 Å². The predicted octanol–water partition coefficient (Wildman–Crippen LogP) is 2.60. The molecule has 1 aromatic heterocycles. The quantitative estimate of drug-likeness (QED) is 0.780. The summed E-state index contributed by atoms with van der Waals surface area (Å²) in [5.74, 6) is -0.925. The second kappa shape index (κ2) is 5.81. The number of rotatable bonds is 3. The SMILES string of the molecule is O=C(NCc1ccccc1F)c1c[nH]c2ccccc2c1=O. The normalized spacial score (nSPS) is 10.6. The van der Waals surface area contributed by atoms with Crippen molar-refractivity contribution in [3.05, 3.63) is 81.9 Å². The molecule has 0 aliphatic rings. The number of aromatic amines is 1. The number of carbonyl (C=O) groups is 1. The van der Waals surface area contributed by atoms with Crippen LogP contribution in [0.2, 0.25) is 0 Å². The molecule has 5 heteroatoms. The molecule has 4 nitrogen and oxygen atoms in total. The fraction of sp³-hybridized carbons (Fsp3) is 0.0588. The van der Waals surface area contributed by atoms with Crippen molar-refractivity contribution in [3.63, 3.8) is 0 Å². The van der Waals surface area contributed by atoms with Crippen LogP contribution in [-0.4, -0.2) is 10.9 Å². The molecule has 0 aliphatic carbocycles. The molecule has 22 heavy (non-hydrogen) atoms. The van der Waals surface area contributed by atoms with Crippen LogP contribution < -0.4 is 10.7 Å². The monoisotopic (exact) mass is 296 g/mol. The first-order valence-electron chi connectivity index (χ1n) is 6.79. The first-order chi connectivity index (χ1) is 10.7. The van der Waals surface area contributed by atoms with Gasteiger partial charge in [0.1, 0.15) is 11.4 Å². The van der Waals surface area contributed by atoms with Gasteiger partial charge in [0.15, 0.2) is 0 Å².